The zero-order valence-electron chi connectivity index (χ0n) is 15.2. The van der Waals surface area contributed by atoms with E-state index >= 15 is 0 Å². The molecule has 0 unspecified atom stereocenters. The van der Waals surface area contributed by atoms with E-state index in [-0.39, 0.29) is 5.91 Å². The summed E-state index contributed by atoms with van der Waals surface area (Å²) in [6.45, 7) is 1.29. The van der Waals surface area contributed by atoms with Crippen LogP contribution in [0.1, 0.15) is 21.5 Å². The second-order valence-electron chi connectivity index (χ2n) is 6.69. The molecule has 4 nitrogen and oxygen atoms in total. The molecule has 2 heterocycles. The summed E-state index contributed by atoms with van der Waals surface area (Å²) >= 11 is 0. The van der Waals surface area contributed by atoms with Gasteiger partial charge in [0.05, 0.1) is 5.56 Å². The van der Waals surface area contributed by atoms with Crippen molar-refractivity contribution in [3.05, 3.63) is 102 Å². The number of nitrogens with zero attached hydrogens (tertiary/aromatic N) is 3. The van der Waals surface area contributed by atoms with Crippen molar-refractivity contribution >= 4 is 16.8 Å². The first-order chi connectivity index (χ1) is 13.2. The molecule has 2 aromatic heterocycles. The van der Waals surface area contributed by atoms with Crippen LogP contribution in [0.4, 0.5) is 0 Å². The smallest absolute Gasteiger partial charge is 0.256 e. The van der Waals surface area contributed by atoms with Crippen LogP contribution in [0.2, 0.25) is 0 Å². The van der Waals surface area contributed by atoms with Gasteiger partial charge in [0.15, 0.2) is 0 Å². The molecule has 0 spiro atoms. The standard InChI is InChI=1S/C23H21N3O/c1-25(15-19-11-13-24-14-12-19)23(27)21-17-26(16-18-7-3-2-4-8-18)22-10-6-5-9-20(21)22/h2-14,17H,15-16H2,1H3. The van der Waals surface area contributed by atoms with Crippen LogP contribution in [0.3, 0.4) is 0 Å². The van der Waals surface area contributed by atoms with Gasteiger partial charge in [0.2, 0.25) is 0 Å². The van der Waals surface area contributed by atoms with E-state index in [1.807, 2.05) is 61.8 Å². The van der Waals surface area contributed by atoms with Crippen molar-refractivity contribution in [3.8, 4) is 0 Å². The first kappa shape index (κ1) is 17.0. The van der Waals surface area contributed by atoms with E-state index in [2.05, 4.69) is 27.8 Å². The Morgan fingerprint density at radius 1 is 0.926 bits per heavy atom. The fourth-order valence-electron chi connectivity index (χ4n) is 3.37. The Morgan fingerprint density at radius 2 is 1.63 bits per heavy atom. The Morgan fingerprint density at radius 3 is 2.41 bits per heavy atom. The topological polar surface area (TPSA) is 38.1 Å². The van der Waals surface area contributed by atoms with Crippen LogP contribution in [0.15, 0.2) is 85.3 Å². The van der Waals surface area contributed by atoms with Crippen LogP contribution in [-0.4, -0.2) is 27.4 Å². The monoisotopic (exact) mass is 355 g/mol. The Bertz CT molecular complexity index is 1050. The van der Waals surface area contributed by atoms with E-state index in [4.69, 9.17) is 0 Å². The number of rotatable bonds is 5. The van der Waals surface area contributed by atoms with E-state index in [0.29, 0.717) is 6.54 Å². The third-order valence-electron chi connectivity index (χ3n) is 4.73. The summed E-state index contributed by atoms with van der Waals surface area (Å²) in [6.07, 6.45) is 5.47. The van der Waals surface area contributed by atoms with E-state index in [0.717, 1.165) is 28.6 Å². The summed E-state index contributed by atoms with van der Waals surface area (Å²) in [5.74, 6) is 0.0230. The molecule has 0 aliphatic carbocycles. The molecule has 0 fully saturated rings. The van der Waals surface area contributed by atoms with Crippen molar-refractivity contribution in [1.29, 1.82) is 0 Å². The largest absolute Gasteiger partial charge is 0.342 e. The minimum absolute atomic E-state index is 0.0230. The van der Waals surface area contributed by atoms with E-state index in [1.54, 1.807) is 17.3 Å². The van der Waals surface area contributed by atoms with Crippen molar-refractivity contribution in [3.63, 3.8) is 0 Å². The van der Waals surface area contributed by atoms with Crippen LogP contribution in [0.5, 0.6) is 0 Å². The maximum Gasteiger partial charge on any atom is 0.256 e. The predicted molar refractivity (Wildman–Crippen MR) is 108 cm³/mol. The highest BCUT2D eigenvalue weighted by molar-refractivity contribution is 6.06. The molecule has 0 aliphatic heterocycles. The highest BCUT2D eigenvalue weighted by Crippen LogP contribution is 2.24. The highest BCUT2D eigenvalue weighted by atomic mass is 16.2. The Balaban J connectivity index is 1.66. The van der Waals surface area contributed by atoms with Crippen molar-refractivity contribution in [2.75, 3.05) is 7.05 Å². The zero-order valence-corrected chi connectivity index (χ0v) is 15.2. The van der Waals surface area contributed by atoms with Crippen molar-refractivity contribution < 1.29 is 4.79 Å². The maximum atomic E-state index is 13.1. The summed E-state index contributed by atoms with van der Waals surface area (Å²) in [7, 11) is 1.84. The third-order valence-corrected chi connectivity index (χ3v) is 4.73. The minimum atomic E-state index is 0.0230. The Labute approximate surface area is 158 Å². The lowest BCUT2D eigenvalue weighted by Crippen LogP contribution is -2.26. The lowest BCUT2D eigenvalue weighted by molar-refractivity contribution is 0.0787. The molecule has 134 valence electrons. The van der Waals surface area contributed by atoms with Crippen LogP contribution >= 0.6 is 0 Å². The minimum Gasteiger partial charge on any atom is -0.342 e. The van der Waals surface area contributed by atoms with E-state index in [9.17, 15) is 4.79 Å². The molecule has 4 rings (SSSR count). The van der Waals surface area contributed by atoms with E-state index in [1.165, 1.54) is 5.56 Å². The first-order valence-electron chi connectivity index (χ1n) is 8.98. The number of amides is 1. The van der Waals surface area contributed by atoms with Gasteiger partial charge in [0, 0.05) is 49.6 Å². The fraction of sp³-hybridized carbons (Fsp3) is 0.130. The van der Waals surface area contributed by atoms with Gasteiger partial charge in [-0.05, 0) is 29.3 Å². The van der Waals surface area contributed by atoms with Gasteiger partial charge in [-0.3, -0.25) is 9.78 Å². The zero-order chi connectivity index (χ0) is 18.6. The first-order valence-corrected chi connectivity index (χ1v) is 8.98. The summed E-state index contributed by atoms with van der Waals surface area (Å²) in [5.41, 5.74) is 4.08. The Hall–Kier alpha value is -3.40. The highest BCUT2D eigenvalue weighted by Gasteiger charge is 2.18. The Kier molecular flexibility index (Phi) is 4.71. The summed E-state index contributed by atoms with van der Waals surface area (Å²) in [6, 6.07) is 22.2. The average molecular weight is 355 g/mol. The SMILES string of the molecule is CN(Cc1ccncc1)C(=O)c1cn(Cc2ccccc2)c2ccccc12. The molecule has 2 aromatic carbocycles. The van der Waals surface area contributed by atoms with Crippen molar-refractivity contribution in [2.45, 2.75) is 13.1 Å². The van der Waals surface area contributed by atoms with Gasteiger partial charge in [0.25, 0.3) is 5.91 Å². The average Bonchev–Trinajstić information content (AvgIpc) is 3.07. The van der Waals surface area contributed by atoms with E-state index < -0.39 is 0 Å². The molecule has 4 aromatic rings. The van der Waals surface area contributed by atoms with Gasteiger partial charge < -0.3 is 9.47 Å². The number of pyridine rings is 1. The van der Waals surface area contributed by atoms with Gasteiger partial charge >= 0.3 is 0 Å². The number of aromatic nitrogens is 2. The molecule has 1 amide bonds. The third kappa shape index (κ3) is 3.60. The number of para-hydroxylation sites is 1. The lowest BCUT2D eigenvalue weighted by atomic mass is 10.1. The number of hydrogen-bond donors (Lipinski definition) is 0. The number of carbonyl (C=O) groups excluding carboxylic acids is 1. The lowest BCUT2D eigenvalue weighted by Gasteiger charge is -2.16. The molecule has 0 saturated heterocycles. The molecule has 0 radical (unpaired) electrons. The molecule has 0 bridgehead atoms. The van der Waals surface area contributed by atoms with Crippen molar-refractivity contribution in [2.24, 2.45) is 0 Å². The maximum absolute atomic E-state index is 13.1. The number of benzene rings is 2. The van der Waals surface area contributed by atoms with Crippen molar-refractivity contribution in [1.82, 2.24) is 14.5 Å². The molecule has 0 saturated carbocycles. The molecular formula is C23H21N3O. The quantitative estimate of drug-likeness (QED) is 0.534. The predicted octanol–water partition coefficient (Wildman–Crippen LogP) is 4.36. The van der Waals surface area contributed by atoms with Crippen LogP contribution < -0.4 is 0 Å². The molecular weight excluding hydrogens is 334 g/mol. The molecule has 27 heavy (non-hydrogen) atoms. The molecule has 0 N–H and O–H groups in total. The summed E-state index contributed by atoms with van der Waals surface area (Å²) < 4.78 is 2.15. The number of hydrogen-bond acceptors (Lipinski definition) is 2. The summed E-state index contributed by atoms with van der Waals surface area (Å²) in [5, 5.41) is 0.986. The summed E-state index contributed by atoms with van der Waals surface area (Å²) in [4.78, 5) is 18.9. The van der Waals surface area contributed by atoms with Gasteiger partial charge in [-0.25, -0.2) is 0 Å². The molecule has 0 aliphatic rings. The number of fused-ring (bicyclic) bond motifs is 1. The fourth-order valence-corrected chi connectivity index (χ4v) is 3.37. The van der Waals surface area contributed by atoms with Crippen LogP contribution in [0.25, 0.3) is 10.9 Å². The second kappa shape index (κ2) is 7.46. The number of carbonyl (C=O) groups is 1. The second-order valence-corrected chi connectivity index (χ2v) is 6.69. The normalized spacial score (nSPS) is 10.9. The molecule has 4 heteroatoms. The van der Waals surface area contributed by atoms with Crippen LogP contribution in [0, 0.1) is 0 Å². The van der Waals surface area contributed by atoms with Crippen LogP contribution in [-0.2, 0) is 13.1 Å². The molecule has 0 atom stereocenters. The van der Waals surface area contributed by atoms with Gasteiger partial charge in [-0.2, -0.15) is 0 Å². The van der Waals surface area contributed by atoms with Gasteiger partial charge in [-0.15, -0.1) is 0 Å². The van der Waals surface area contributed by atoms with Gasteiger partial charge in [0.1, 0.15) is 0 Å². The van der Waals surface area contributed by atoms with Gasteiger partial charge in [-0.1, -0.05) is 48.5 Å².